The van der Waals surface area contributed by atoms with Crippen LogP contribution in [0, 0.1) is 11.8 Å². The van der Waals surface area contributed by atoms with Crippen molar-refractivity contribution in [2.75, 3.05) is 6.54 Å². The van der Waals surface area contributed by atoms with Crippen molar-refractivity contribution in [3.8, 4) is 0 Å². The lowest BCUT2D eigenvalue weighted by Gasteiger charge is -2.30. The number of hydrogen-bond acceptors (Lipinski definition) is 5. The molecule has 0 spiro atoms. The zero-order chi connectivity index (χ0) is 26.0. The summed E-state index contributed by atoms with van der Waals surface area (Å²) in [4.78, 5) is 51.0. The van der Waals surface area contributed by atoms with E-state index in [4.69, 9.17) is 0 Å². The summed E-state index contributed by atoms with van der Waals surface area (Å²) in [7, 11) is 0. The number of carbonyl (C=O) groups is 4. The molecule has 1 aromatic carbocycles. The van der Waals surface area contributed by atoms with Crippen LogP contribution < -0.4 is 21.3 Å². The van der Waals surface area contributed by atoms with Gasteiger partial charge in [0.25, 0.3) is 0 Å². The van der Waals surface area contributed by atoms with Gasteiger partial charge in [-0.2, -0.15) is 0 Å². The molecule has 2 rings (SSSR count). The van der Waals surface area contributed by atoms with Crippen LogP contribution in [0.3, 0.4) is 0 Å². The summed E-state index contributed by atoms with van der Waals surface area (Å²) in [6, 6.07) is 5.87. The highest BCUT2D eigenvalue weighted by Gasteiger charge is 2.35. The van der Waals surface area contributed by atoms with Crippen molar-refractivity contribution in [2.24, 2.45) is 11.8 Å². The zero-order valence-corrected chi connectivity index (χ0v) is 21.2. The van der Waals surface area contributed by atoms with E-state index in [1.54, 1.807) is 12.1 Å². The highest BCUT2D eigenvalue weighted by molar-refractivity contribution is 5.94. The van der Waals surface area contributed by atoms with Crippen molar-refractivity contribution in [3.63, 3.8) is 0 Å². The number of rotatable bonds is 13. The summed E-state index contributed by atoms with van der Waals surface area (Å²) in [5.41, 5.74) is 0.782. The fourth-order valence-electron chi connectivity index (χ4n) is 4.12. The Hall–Kier alpha value is -2.94. The topological polar surface area (TPSA) is 137 Å². The van der Waals surface area contributed by atoms with E-state index in [-0.39, 0.29) is 30.2 Å². The van der Waals surface area contributed by atoms with E-state index in [9.17, 15) is 24.3 Å². The van der Waals surface area contributed by atoms with Gasteiger partial charge < -0.3 is 26.4 Å². The molecule has 0 saturated carbocycles. The minimum atomic E-state index is -1.15. The van der Waals surface area contributed by atoms with Gasteiger partial charge in [-0.25, -0.2) is 4.79 Å². The standard InChI is InChI=1S/C26H40N4O5/c1-5-16(3)21(24(32)28-20(26(34)35)15-18-11-8-7-9-12-18)30-25(33)22(17(4)6-2)29-23(31)19-13-10-14-27-19/h7-9,11-12,16-17,19-22,27H,5-6,10,13-15H2,1-4H3,(H,28,32)(H,29,31)(H,30,33)(H,34,35). The van der Waals surface area contributed by atoms with Crippen LogP contribution in [0.4, 0.5) is 0 Å². The number of aliphatic carboxylic acids is 1. The van der Waals surface area contributed by atoms with E-state index in [0.29, 0.717) is 12.8 Å². The Kier molecular flexibility index (Phi) is 11.2. The molecule has 6 atom stereocenters. The van der Waals surface area contributed by atoms with Crippen LogP contribution in [-0.4, -0.2) is 59.5 Å². The Balaban J connectivity index is 2.14. The average molecular weight is 489 g/mol. The molecule has 0 bridgehead atoms. The second-order valence-corrected chi connectivity index (χ2v) is 9.48. The second-order valence-electron chi connectivity index (χ2n) is 9.48. The van der Waals surface area contributed by atoms with E-state index in [0.717, 1.165) is 24.9 Å². The highest BCUT2D eigenvalue weighted by atomic mass is 16.4. The van der Waals surface area contributed by atoms with Gasteiger partial charge >= 0.3 is 5.97 Å². The molecule has 1 heterocycles. The van der Waals surface area contributed by atoms with Gasteiger partial charge in [-0.3, -0.25) is 14.4 Å². The molecule has 1 saturated heterocycles. The number of hydrogen-bond donors (Lipinski definition) is 5. The van der Waals surface area contributed by atoms with E-state index in [2.05, 4.69) is 21.3 Å². The number of carbonyl (C=O) groups excluding carboxylic acids is 3. The zero-order valence-electron chi connectivity index (χ0n) is 21.2. The molecule has 1 aliphatic heterocycles. The number of nitrogens with one attached hydrogen (secondary N) is 4. The maximum Gasteiger partial charge on any atom is 0.326 e. The molecule has 9 nitrogen and oxygen atoms in total. The van der Waals surface area contributed by atoms with E-state index in [1.807, 2.05) is 45.9 Å². The summed E-state index contributed by atoms with van der Waals surface area (Å²) in [6.45, 7) is 8.31. The molecule has 35 heavy (non-hydrogen) atoms. The van der Waals surface area contributed by atoms with Gasteiger partial charge in [0.05, 0.1) is 6.04 Å². The van der Waals surface area contributed by atoms with Gasteiger partial charge in [-0.05, 0) is 36.8 Å². The Labute approximate surface area is 207 Å². The summed E-state index contributed by atoms with van der Waals surface area (Å²) in [5, 5.41) is 21.1. The molecule has 1 aromatic rings. The SMILES string of the molecule is CCC(C)C(NC(=O)C1CCCN1)C(=O)NC(C(=O)NC(Cc1ccccc1)C(=O)O)C(C)CC. The first-order valence-electron chi connectivity index (χ1n) is 12.6. The smallest absolute Gasteiger partial charge is 0.326 e. The van der Waals surface area contributed by atoms with Crippen molar-refractivity contribution in [1.29, 1.82) is 0 Å². The predicted octanol–water partition coefficient (Wildman–Crippen LogP) is 1.61. The first-order valence-corrected chi connectivity index (χ1v) is 12.6. The monoisotopic (exact) mass is 488 g/mol. The van der Waals surface area contributed by atoms with Gasteiger partial charge in [0.2, 0.25) is 17.7 Å². The van der Waals surface area contributed by atoms with Crippen molar-refractivity contribution in [2.45, 2.75) is 84.0 Å². The van der Waals surface area contributed by atoms with E-state index in [1.165, 1.54) is 0 Å². The maximum absolute atomic E-state index is 13.3. The van der Waals surface area contributed by atoms with Crippen LogP contribution in [0.15, 0.2) is 30.3 Å². The van der Waals surface area contributed by atoms with Crippen LogP contribution in [0.1, 0.15) is 58.9 Å². The minimum absolute atomic E-state index is 0.128. The number of carboxylic acid groups (broad SMARTS) is 1. The van der Waals surface area contributed by atoms with E-state index >= 15 is 0 Å². The van der Waals surface area contributed by atoms with Crippen LogP contribution in [0.2, 0.25) is 0 Å². The number of benzene rings is 1. The summed E-state index contributed by atoms with van der Waals surface area (Å²) < 4.78 is 0. The molecular weight excluding hydrogens is 448 g/mol. The first-order chi connectivity index (χ1) is 16.7. The molecule has 0 radical (unpaired) electrons. The average Bonchev–Trinajstić information content (AvgIpc) is 3.40. The third-order valence-corrected chi connectivity index (χ3v) is 6.86. The molecule has 6 unspecified atom stereocenters. The Morgan fingerprint density at radius 2 is 1.51 bits per heavy atom. The Bertz CT molecular complexity index is 857. The molecular formula is C26H40N4O5. The van der Waals surface area contributed by atoms with Crippen LogP contribution in [0.5, 0.6) is 0 Å². The van der Waals surface area contributed by atoms with Crippen molar-refractivity contribution >= 4 is 23.7 Å². The fraction of sp³-hybridized carbons (Fsp3) is 0.615. The minimum Gasteiger partial charge on any atom is -0.480 e. The Morgan fingerprint density at radius 3 is 2.03 bits per heavy atom. The molecule has 1 aliphatic rings. The predicted molar refractivity (Wildman–Crippen MR) is 134 cm³/mol. The van der Waals surface area contributed by atoms with Crippen molar-refractivity contribution < 1.29 is 24.3 Å². The first kappa shape index (κ1) is 28.3. The fourth-order valence-corrected chi connectivity index (χ4v) is 4.12. The lowest BCUT2D eigenvalue weighted by molar-refractivity contribution is -0.142. The van der Waals surface area contributed by atoms with Crippen molar-refractivity contribution in [3.05, 3.63) is 35.9 Å². The molecule has 194 valence electrons. The molecule has 3 amide bonds. The summed E-state index contributed by atoms with van der Waals surface area (Å²) in [6.07, 6.45) is 3.01. The van der Waals surface area contributed by atoms with Gasteiger partial charge in [-0.1, -0.05) is 70.9 Å². The van der Waals surface area contributed by atoms with Crippen molar-refractivity contribution in [1.82, 2.24) is 21.3 Å². The lowest BCUT2D eigenvalue weighted by Crippen LogP contribution is -2.60. The lowest BCUT2D eigenvalue weighted by atomic mass is 9.94. The number of amides is 3. The normalized spacial score (nSPS) is 19.6. The molecule has 1 fully saturated rings. The Morgan fingerprint density at radius 1 is 0.943 bits per heavy atom. The highest BCUT2D eigenvalue weighted by Crippen LogP contribution is 2.14. The molecule has 0 aromatic heterocycles. The number of carboxylic acids is 1. The van der Waals surface area contributed by atoms with Gasteiger partial charge in [-0.15, -0.1) is 0 Å². The molecule has 0 aliphatic carbocycles. The summed E-state index contributed by atoms with van der Waals surface area (Å²) in [5.74, 6) is -2.75. The van der Waals surface area contributed by atoms with Crippen LogP contribution in [-0.2, 0) is 25.6 Å². The molecule has 5 N–H and O–H groups in total. The third kappa shape index (κ3) is 8.35. The van der Waals surface area contributed by atoms with Gasteiger partial charge in [0.1, 0.15) is 18.1 Å². The maximum atomic E-state index is 13.3. The summed E-state index contributed by atoms with van der Waals surface area (Å²) >= 11 is 0. The molecule has 9 heteroatoms. The van der Waals surface area contributed by atoms with Gasteiger partial charge in [0, 0.05) is 6.42 Å². The third-order valence-electron chi connectivity index (χ3n) is 6.86. The van der Waals surface area contributed by atoms with Crippen LogP contribution >= 0.6 is 0 Å². The van der Waals surface area contributed by atoms with Gasteiger partial charge in [0.15, 0.2) is 0 Å². The largest absolute Gasteiger partial charge is 0.480 e. The van der Waals surface area contributed by atoms with Crippen LogP contribution in [0.25, 0.3) is 0 Å². The second kappa shape index (κ2) is 13.8. The van der Waals surface area contributed by atoms with E-state index < -0.39 is 35.9 Å². The quantitative estimate of drug-likeness (QED) is 0.286.